The third kappa shape index (κ3) is 3.52. The van der Waals surface area contributed by atoms with Crippen molar-refractivity contribution in [3.8, 4) is 0 Å². The van der Waals surface area contributed by atoms with E-state index in [1.165, 1.54) is 11.8 Å². The highest BCUT2D eigenvalue weighted by Crippen LogP contribution is 2.38. The number of Topliss-reactive ketones (excluding diaryl/α,β-unsaturated/α-hetero) is 1. The topological polar surface area (TPSA) is 56.3 Å². The number of halogens is 1. The average molecular weight is 314 g/mol. The lowest BCUT2D eigenvalue weighted by Gasteiger charge is -2.10. The van der Waals surface area contributed by atoms with Crippen molar-refractivity contribution in [3.05, 3.63) is 22.3 Å². The van der Waals surface area contributed by atoms with Crippen LogP contribution in [0.25, 0.3) is 0 Å². The number of hydrogen-bond acceptors (Lipinski definition) is 5. The molecule has 6 heteroatoms. The molecule has 2 rings (SSSR count). The third-order valence-corrected chi connectivity index (χ3v) is 4.43. The number of thioether (sulfide) groups is 1. The molecule has 1 aromatic rings. The molecule has 108 valence electrons. The molecule has 0 N–H and O–H groups in total. The summed E-state index contributed by atoms with van der Waals surface area (Å²) in [6, 6.07) is 0. The average Bonchev–Trinajstić information content (AvgIpc) is 3.24. The molecule has 0 aromatic carbocycles. The van der Waals surface area contributed by atoms with Crippen LogP contribution in [0, 0.1) is 12.8 Å². The first-order chi connectivity index (χ1) is 9.54. The predicted octanol–water partition coefficient (Wildman–Crippen LogP) is 3.29. The van der Waals surface area contributed by atoms with Crippen molar-refractivity contribution < 1.29 is 14.3 Å². The Hall–Kier alpha value is -1.07. The van der Waals surface area contributed by atoms with E-state index in [1.807, 2.05) is 6.92 Å². The van der Waals surface area contributed by atoms with Crippen molar-refractivity contribution in [3.63, 3.8) is 0 Å². The number of rotatable bonds is 6. The highest BCUT2D eigenvalue weighted by molar-refractivity contribution is 8.00. The lowest BCUT2D eigenvalue weighted by Crippen LogP contribution is -2.10. The van der Waals surface area contributed by atoms with Crippen LogP contribution in [0.1, 0.15) is 35.7 Å². The van der Waals surface area contributed by atoms with Crippen LogP contribution in [0.5, 0.6) is 0 Å². The lowest BCUT2D eigenvalue weighted by atomic mass is 10.1. The van der Waals surface area contributed by atoms with Crippen molar-refractivity contribution in [1.29, 1.82) is 0 Å². The minimum atomic E-state index is -0.319. The number of aromatic nitrogens is 1. The van der Waals surface area contributed by atoms with Gasteiger partial charge < -0.3 is 4.74 Å². The molecule has 0 saturated heterocycles. The Morgan fingerprint density at radius 1 is 1.50 bits per heavy atom. The number of nitrogens with zero attached hydrogens (tertiary/aromatic N) is 1. The van der Waals surface area contributed by atoms with Gasteiger partial charge in [-0.1, -0.05) is 23.4 Å². The Kier molecular flexibility index (Phi) is 5.05. The van der Waals surface area contributed by atoms with Gasteiger partial charge in [-0.25, -0.2) is 4.98 Å². The van der Waals surface area contributed by atoms with Crippen molar-refractivity contribution in [2.24, 2.45) is 5.92 Å². The maximum absolute atomic E-state index is 12.3. The van der Waals surface area contributed by atoms with Crippen LogP contribution in [-0.4, -0.2) is 29.1 Å². The predicted molar refractivity (Wildman–Crippen MR) is 78.4 cm³/mol. The summed E-state index contributed by atoms with van der Waals surface area (Å²) in [5.41, 5.74) is 1.24. The molecule has 0 spiro atoms. The molecule has 1 aromatic heterocycles. The van der Waals surface area contributed by atoms with Crippen molar-refractivity contribution in [1.82, 2.24) is 4.98 Å². The molecule has 0 atom stereocenters. The molecule has 20 heavy (non-hydrogen) atoms. The van der Waals surface area contributed by atoms with Crippen LogP contribution in [0.4, 0.5) is 0 Å². The summed E-state index contributed by atoms with van der Waals surface area (Å²) < 4.78 is 4.87. The number of carbonyl (C=O) groups excluding carboxylic acids is 2. The van der Waals surface area contributed by atoms with E-state index in [1.54, 1.807) is 13.1 Å². The van der Waals surface area contributed by atoms with E-state index in [4.69, 9.17) is 16.3 Å². The van der Waals surface area contributed by atoms with E-state index < -0.39 is 0 Å². The molecule has 1 aliphatic carbocycles. The number of hydrogen-bond donors (Lipinski definition) is 0. The Morgan fingerprint density at radius 3 is 2.80 bits per heavy atom. The van der Waals surface area contributed by atoms with E-state index in [-0.39, 0.29) is 23.4 Å². The van der Waals surface area contributed by atoms with Crippen LogP contribution in [0.15, 0.2) is 11.2 Å². The molecule has 1 fully saturated rings. The van der Waals surface area contributed by atoms with Crippen molar-refractivity contribution >= 4 is 35.1 Å². The Morgan fingerprint density at radius 2 is 2.20 bits per heavy atom. The number of pyridine rings is 1. The summed E-state index contributed by atoms with van der Waals surface area (Å²) in [6.07, 6.45) is 3.44. The second-order valence-electron chi connectivity index (χ2n) is 4.67. The fraction of sp³-hybridized carbons (Fsp3) is 0.500. The van der Waals surface area contributed by atoms with Gasteiger partial charge in [-0.15, -0.1) is 0 Å². The summed E-state index contributed by atoms with van der Waals surface area (Å²) in [6.45, 7) is 3.92. The number of aryl methyl sites for hydroxylation is 1. The normalized spacial score (nSPS) is 14.2. The fourth-order valence-electron chi connectivity index (χ4n) is 1.77. The first kappa shape index (κ1) is 15.3. The third-order valence-electron chi connectivity index (χ3n) is 2.98. The zero-order valence-electron chi connectivity index (χ0n) is 11.4. The molecule has 1 aliphatic rings. The first-order valence-electron chi connectivity index (χ1n) is 6.52. The Balaban J connectivity index is 2.21. The zero-order chi connectivity index (χ0) is 14.7. The highest BCUT2D eigenvalue weighted by atomic mass is 35.5. The second-order valence-corrected chi connectivity index (χ2v) is 6.01. The van der Waals surface area contributed by atoms with Gasteiger partial charge in [-0.3, -0.25) is 9.59 Å². The minimum Gasteiger partial charge on any atom is -0.465 e. The minimum absolute atomic E-state index is 0.0394. The number of ether oxygens (including phenoxy) is 1. The standard InChI is InChI=1S/C14H16ClNO3S/c1-3-19-10(17)7-20-14-11(13(18)9-4-5-9)12(15)8(2)6-16-14/h6,9H,3-5,7H2,1-2H3. The van der Waals surface area contributed by atoms with Crippen LogP contribution in [-0.2, 0) is 9.53 Å². The molecule has 0 unspecified atom stereocenters. The van der Waals surface area contributed by atoms with E-state index in [9.17, 15) is 9.59 Å². The van der Waals surface area contributed by atoms with E-state index in [0.29, 0.717) is 22.2 Å². The molecule has 0 aliphatic heterocycles. The summed E-state index contributed by atoms with van der Waals surface area (Å²) in [5.74, 6) is -0.0815. The zero-order valence-corrected chi connectivity index (χ0v) is 13.0. The SMILES string of the molecule is CCOC(=O)CSc1ncc(C)c(Cl)c1C(=O)C1CC1. The Bertz CT molecular complexity index is 543. The van der Waals surface area contributed by atoms with Crippen LogP contribution >= 0.6 is 23.4 Å². The second kappa shape index (κ2) is 6.59. The summed E-state index contributed by atoms with van der Waals surface area (Å²) in [4.78, 5) is 28.0. The van der Waals surface area contributed by atoms with Crippen molar-refractivity contribution in [2.75, 3.05) is 12.4 Å². The van der Waals surface area contributed by atoms with Gasteiger partial charge in [-0.05, 0) is 32.3 Å². The Labute approximate surface area is 127 Å². The van der Waals surface area contributed by atoms with Gasteiger partial charge in [0, 0.05) is 12.1 Å². The summed E-state index contributed by atoms with van der Waals surface area (Å²) in [7, 11) is 0. The molecular weight excluding hydrogens is 298 g/mol. The van der Waals surface area contributed by atoms with E-state index in [0.717, 1.165) is 18.4 Å². The molecule has 1 heterocycles. The van der Waals surface area contributed by atoms with Gasteiger partial charge in [-0.2, -0.15) is 0 Å². The summed E-state index contributed by atoms with van der Waals surface area (Å²) >= 11 is 7.45. The molecule has 0 radical (unpaired) electrons. The van der Waals surface area contributed by atoms with Gasteiger partial charge in [0.2, 0.25) is 0 Å². The molecule has 1 saturated carbocycles. The van der Waals surface area contributed by atoms with Crippen molar-refractivity contribution in [2.45, 2.75) is 31.7 Å². The van der Waals surface area contributed by atoms with Crippen LogP contribution in [0.2, 0.25) is 5.02 Å². The number of carbonyl (C=O) groups is 2. The number of ketones is 1. The quantitative estimate of drug-likeness (QED) is 0.458. The molecule has 0 bridgehead atoms. The van der Waals surface area contributed by atoms with Crippen LogP contribution < -0.4 is 0 Å². The fourth-order valence-corrected chi connectivity index (χ4v) is 2.87. The van der Waals surface area contributed by atoms with E-state index in [2.05, 4.69) is 4.98 Å². The van der Waals surface area contributed by atoms with Gasteiger partial charge in [0.15, 0.2) is 5.78 Å². The molecular formula is C14H16ClNO3S. The van der Waals surface area contributed by atoms with Gasteiger partial charge in [0.25, 0.3) is 0 Å². The monoisotopic (exact) mass is 313 g/mol. The van der Waals surface area contributed by atoms with E-state index >= 15 is 0 Å². The van der Waals surface area contributed by atoms with Crippen LogP contribution in [0.3, 0.4) is 0 Å². The summed E-state index contributed by atoms with van der Waals surface area (Å²) in [5, 5.41) is 0.966. The van der Waals surface area contributed by atoms with Gasteiger partial charge in [0.05, 0.1) is 22.9 Å². The maximum atomic E-state index is 12.3. The number of esters is 1. The first-order valence-corrected chi connectivity index (χ1v) is 7.88. The van der Waals surface area contributed by atoms with Gasteiger partial charge >= 0.3 is 5.97 Å². The smallest absolute Gasteiger partial charge is 0.316 e. The molecule has 0 amide bonds. The highest BCUT2D eigenvalue weighted by Gasteiger charge is 2.34. The molecule has 4 nitrogen and oxygen atoms in total. The maximum Gasteiger partial charge on any atom is 0.316 e. The lowest BCUT2D eigenvalue weighted by molar-refractivity contribution is -0.139. The van der Waals surface area contributed by atoms with Gasteiger partial charge in [0.1, 0.15) is 5.03 Å². The largest absolute Gasteiger partial charge is 0.465 e.